The lowest BCUT2D eigenvalue weighted by Gasteiger charge is -2.17. The Morgan fingerprint density at radius 1 is 0.750 bits per heavy atom. The molecule has 0 aliphatic carbocycles. The van der Waals surface area contributed by atoms with Crippen molar-refractivity contribution in [2.75, 3.05) is 11.5 Å². The van der Waals surface area contributed by atoms with Gasteiger partial charge in [0, 0.05) is 5.56 Å². The zero-order chi connectivity index (χ0) is 21.7. The van der Waals surface area contributed by atoms with Crippen LogP contribution >= 0.6 is 0 Å². The molecule has 0 aliphatic heterocycles. The summed E-state index contributed by atoms with van der Waals surface area (Å²) in [7, 11) is -1.62. The van der Waals surface area contributed by atoms with E-state index in [2.05, 4.69) is 0 Å². The molecule has 0 saturated carbocycles. The van der Waals surface area contributed by atoms with E-state index in [4.69, 9.17) is 0 Å². The second-order valence-corrected chi connectivity index (χ2v) is 9.11. The van der Waals surface area contributed by atoms with E-state index in [1.54, 1.807) is 0 Å². The standard InChI is InChI=1S/C11H17OS.C6BF8/c1-3-13(12,4-2)10-11-8-6-5-7-9-11;8-2-1(7(13,14)15)3(9)5(11)6(12)4(2)10/h5-9H,3-4,10H2,1-2H3;/q+1;-1. The molecule has 156 valence electrons. The monoisotopic (exact) mass is 432 g/mol. The fourth-order valence-electron chi connectivity index (χ4n) is 2.20. The van der Waals surface area contributed by atoms with Gasteiger partial charge in [-0.3, -0.25) is 0 Å². The van der Waals surface area contributed by atoms with Gasteiger partial charge in [-0.25, -0.2) is 22.0 Å². The highest BCUT2D eigenvalue weighted by Crippen LogP contribution is 2.21. The molecule has 2 rings (SSSR count). The Kier molecular flexibility index (Phi) is 8.22. The molecule has 28 heavy (non-hydrogen) atoms. The Labute approximate surface area is 158 Å². The number of rotatable bonds is 5. The summed E-state index contributed by atoms with van der Waals surface area (Å²) in [5.41, 5.74) is -1.54. The van der Waals surface area contributed by atoms with Crippen LogP contribution in [0.5, 0.6) is 0 Å². The Morgan fingerprint density at radius 2 is 1.14 bits per heavy atom. The summed E-state index contributed by atoms with van der Waals surface area (Å²) >= 11 is 0. The summed E-state index contributed by atoms with van der Waals surface area (Å²) < 4.78 is 110. The highest BCUT2D eigenvalue weighted by molar-refractivity contribution is 8.02. The second-order valence-electron chi connectivity index (χ2n) is 5.73. The quantitative estimate of drug-likeness (QED) is 0.210. The maximum atomic E-state index is 12.5. The molecule has 1 nitrogen and oxygen atoms in total. The maximum absolute atomic E-state index is 12.5. The third-order valence-electron chi connectivity index (χ3n) is 3.90. The normalized spacial score (nSPS) is 11.8. The van der Waals surface area contributed by atoms with Crippen molar-refractivity contribution in [1.29, 1.82) is 0 Å². The van der Waals surface area contributed by atoms with Gasteiger partial charge in [0.05, 0.1) is 9.93 Å². The molecule has 2 aromatic carbocycles. The minimum absolute atomic E-state index is 0.737. The number of benzene rings is 2. The van der Waals surface area contributed by atoms with Gasteiger partial charge in [-0.15, -0.1) is 4.21 Å². The Hall–Kier alpha value is -1.91. The smallest absolute Gasteiger partial charge is 0.445 e. The predicted molar refractivity (Wildman–Crippen MR) is 94.2 cm³/mol. The fourth-order valence-corrected chi connectivity index (χ4v) is 3.81. The lowest BCUT2D eigenvalue weighted by molar-refractivity contribution is 0.377. The molecule has 0 N–H and O–H groups in total. The van der Waals surface area contributed by atoms with Crippen LogP contribution in [0.2, 0.25) is 0 Å². The van der Waals surface area contributed by atoms with Gasteiger partial charge in [-0.2, -0.15) is 0 Å². The average Bonchev–Trinajstić information content (AvgIpc) is 2.65. The minimum Gasteiger partial charge on any atom is -0.445 e. The summed E-state index contributed by atoms with van der Waals surface area (Å²) in [6, 6.07) is 10.1. The molecule has 11 heteroatoms. The molecule has 0 bridgehead atoms. The van der Waals surface area contributed by atoms with Crippen LogP contribution in [0.1, 0.15) is 19.4 Å². The van der Waals surface area contributed by atoms with E-state index in [-0.39, 0.29) is 0 Å². The van der Waals surface area contributed by atoms with Gasteiger partial charge in [0.1, 0.15) is 28.9 Å². The molecular formula is C17H17BF8OS. The first-order valence-corrected chi connectivity index (χ1v) is 10.2. The third-order valence-corrected chi connectivity index (χ3v) is 6.86. The van der Waals surface area contributed by atoms with Crippen LogP contribution in [-0.2, 0) is 19.9 Å². The molecule has 2 aromatic rings. The molecule has 0 saturated heterocycles. The highest BCUT2D eigenvalue weighted by Gasteiger charge is 2.37. The molecule has 0 radical (unpaired) electrons. The highest BCUT2D eigenvalue weighted by atomic mass is 32.2. The van der Waals surface area contributed by atoms with Gasteiger partial charge in [-0.1, -0.05) is 30.3 Å². The zero-order valence-electron chi connectivity index (χ0n) is 14.9. The molecule has 0 atom stereocenters. The van der Waals surface area contributed by atoms with Crippen molar-refractivity contribution in [1.82, 2.24) is 0 Å². The Balaban J connectivity index is 0.000000283. The van der Waals surface area contributed by atoms with Crippen molar-refractivity contribution in [2.45, 2.75) is 19.6 Å². The molecular weight excluding hydrogens is 415 g/mol. The van der Waals surface area contributed by atoms with E-state index in [0.717, 1.165) is 17.3 Å². The van der Waals surface area contributed by atoms with E-state index in [1.165, 1.54) is 5.56 Å². The number of hydrogen-bond donors (Lipinski definition) is 0. The van der Waals surface area contributed by atoms with Crippen LogP contribution in [0.4, 0.5) is 34.9 Å². The van der Waals surface area contributed by atoms with E-state index in [0.29, 0.717) is 0 Å². The van der Waals surface area contributed by atoms with Crippen molar-refractivity contribution in [3.05, 3.63) is 65.0 Å². The molecule has 0 unspecified atom stereocenters. The summed E-state index contributed by atoms with van der Waals surface area (Å²) in [4.78, 5) is 0. The average molecular weight is 432 g/mol. The number of hydrogen-bond acceptors (Lipinski definition) is 1. The summed E-state index contributed by atoms with van der Waals surface area (Å²) in [5.74, 6) is -11.2. The Morgan fingerprint density at radius 3 is 1.50 bits per heavy atom. The van der Waals surface area contributed by atoms with Gasteiger partial charge in [0.15, 0.2) is 17.5 Å². The molecule has 0 aromatic heterocycles. The van der Waals surface area contributed by atoms with Crippen molar-refractivity contribution < 1.29 is 39.1 Å². The van der Waals surface area contributed by atoms with Crippen LogP contribution in [-0.4, -0.2) is 18.5 Å². The van der Waals surface area contributed by atoms with E-state index < -0.39 is 51.5 Å². The van der Waals surface area contributed by atoms with Crippen molar-refractivity contribution in [3.8, 4) is 0 Å². The van der Waals surface area contributed by atoms with Crippen molar-refractivity contribution in [2.24, 2.45) is 0 Å². The van der Waals surface area contributed by atoms with E-state index in [9.17, 15) is 39.1 Å². The van der Waals surface area contributed by atoms with Crippen LogP contribution in [0, 0.1) is 29.1 Å². The van der Waals surface area contributed by atoms with Crippen LogP contribution in [0.25, 0.3) is 0 Å². The molecule has 0 aliphatic rings. The van der Waals surface area contributed by atoms with E-state index >= 15 is 0 Å². The fraction of sp³-hybridized carbons (Fsp3) is 0.294. The summed E-state index contributed by atoms with van der Waals surface area (Å²) in [6.45, 7) is -2.29. The van der Waals surface area contributed by atoms with Crippen LogP contribution < -0.4 is 5.46 Å². The van der Waals surface area contributed by atoms with Gasteiger partial charge in [0.2, 0.25) is 0 Å². The SMILES string of the molecule is CC[S+](=O)(CC)Cc1ccccc1.Fc1c(F)c(F)c([B-](F)(F)F)c(F)c1F. The van der Waals surface area contributed by atoms with Gasteiger partial charge < -0.3 is 12.9 Å². The molecule has 0 spiro atoms. The van der Waals surface area contributed by atoms with Gasteiger partial charge in [-0.05, 0) is 19.3 Å². The van der Waals surface area contributed by atoms with Crippen LogP contribution in [0.3, 0.4) is 0 Å². The summed E-state index contributed by atoms with van der Waals surface area (Å²) in [6.07, 6.45) is 0. The molecule has 0 heterocycles. The third kappa shape index (κ3) is 5.79. The second kappa shape index (κ2) is 9.53. The minimum atomic E-state index is -6.30. The lowest BCUT2D eigenvalue weighted by atomic mass is 9.79. The predicted octanol–water partition coefficient (Wildman–Crippen LogP) is 5.16. The first-order valence-electron chi connectivity index (χ1n) is 8.10. The zero-order valence-corrected chi connectivity index (χ0v) is 15.7. The largest absolute Gasteiger partial charge is 0.515 e. The number of halogens is 8. The topological polar surface area (TPSA) is 17.1 Å². The van der Waals surface area contributed by atoms with Gasteiger partial charge in [0.25, 0.3) is 0 Å². The maximum Gasteiger partial charge on any atom is 0.515 e. The Bertz CT molecular complexity index is 817. The first kappa shape index (κ1) is 24.1. The summed E-state index contributed by atoms with van der Waals surface area (Å²) in [5, 5.41) is 0. The van der Waals surface area contributed by atoms with Crippen molar-refractivity contribution in [3.63, 3.8) is 0 Å². The molecule has 0 fully saturated rings. The van der Waals surface area contributed by atoms with Crippen LogP contribution in [0.15, 0.2) is 30.3 Å². The molecule has 0 amide bonds. The first-order chi connectivity index (χ1) is 12.9. The lowest BCUT2D eigenvalue weighted by Crippen LogP contribution is -2.41. The van der Waals surface area contributed by atoms with Crippen molar-refractivity contribution >= 4 is 22.4 Å². The van der Waals surface area contributed by atoms with E-state index in [1.807, 2.05) is 44.2 Å². The van der Waals surface area contributed by atoms with Gasteiger partial charge >= 0.3 is 6.98 Å².